The average molecular weight is 275 g/mol. The second kappa shape index (κ2) is 4.79. The number of hydrogen-bond acceptors (Lipinski definition) is 4. The number of fused-ring (bicyclic) bond motifs is 1. The van der Waals surface area contributed by atoms with Crippen molar-refractivity contribution in [3.63, 3.8) is 0 Å². The first-order valence-corrected chi connectivity index (χ1v) is 6.64. The van der Waals surface area contributed by atoms with Crippen LogP contribution in [-0.4, -0.2) is 46.3 Å². The molecule has 2 aromatic heterocycles. The quantitative estimate of drug-likeness (QED) is 0.922. The fourth-order valence-electron chi connectivity index (χ4n) is 2.81. The summed E-state index contributed by atoms with van der Waals surface area (Å²) in [6.45, 7) is 2.70. The molecule has 2 unspecified atom stereocenters. The maximum atomic E-state index is 11.6. The number of pyridine rings is 1. The van der Waals surface area contributed by atoms with Gasteiger partial charge in [0.15, 0.2) is 11.5 Å². The molecule has 0 aliphatic carbocycles. The summed E-state index contributed by atoms with van der Waals surface area (Å²) in [5, 5.41) is 9.49. The van der Waals surface area contributed by atoms with Crippen LogP contribution >= 0.6 is 0 Å². The van der Waals surface area contributed by atoms with Gasteiger partial charge in [0.1, 0.15) is 5.65 Å². The lowest BCUT2D eigenvalue weighted by molar-refractivity contribution is 0.0689. The second-order valence-corrected chi connectivity index (χ2v) is 5.06. The standard InChI is InChI=1S/C14H17N3O3/c1-9-10(6-8-20-9)16(2)13-12(14(18)19)17-7-4-3-5-11(17)15-13/h3-5,7,9-10H,6,8H2,1-2H3,(H,18,19). The van der Waals surface area contributed by atoms with Crippen LogP contribution in [0.15, 0.2) is 24.4 Å². The van der Waals surface area contributed by atoms with E-state index in [9.17, 15) is 9.90 Å². The molecule has 0 bridgehead atoms. The first-order chi connectivity index (χ1) is 9.59. The third-order valence-corrected chi connectivity index (χ3v) is 3.88. The maximum Gasteiger partial charge on any atom is 0.356 e. The van der Waals surface area contributed by atoms with E-state index in [0.29, 0.717) is 18.1 Å². The van der Waals surface area contributed by atoms with E-state index in [-0.39, 0.29) is 17.8 Å². The molecule has 1 N–H and O–H groups in total. The smallest absolute Gasteiger partial charge is 0.356 e. The highest BCUT2D eigenvalue weighted by molar-refractivity contribution is 5.93. The molecule has 0 spiro atoms. The van der Waals surface area contributed by atoms with Gasteiger partial charge in [-0.15, -0.1) is 0 Å². The lowest BCUT2D eigenvalue weighted by Crippen LogP contribution is -2.37. The molecule has 0 radical (unpaired) electrons. The molecule has 0 amide bonds. The van der Waals surface area contributed by atoms with Crippen molar-refractivity contribution in [1.82, 2.24) is 9.38 Å². The molecule has 3 rings (SSSR count). The van der Waals surface area contributed by atoms with Gasteiger partial charge in [0.05, 0.1) is 12.1 Å². The van der Waals surface area contributed by atoms with E-state index in [1.165, 1.54) is 0 Å². The number of likely N-dealkylation sites (N-methyl/N-ethyl adjacent to an activating group) is 1. The van der Waals surface area contributed by atoms with Gasteiger partial charge in [0.25, 0.3) is 0 Å². The summed E-state index contributed by atoms with van der Waals surface area (Å²) in [5.74, 6) is -0.483. The number of aromatic nitrogens is 2. The number of ether oxygens (including phenoxy) is 1. The number of carboxylic acid groups (broad SMARTS) is 1. The summed E-state index contributed by atoms with van der Waals surface area (Å²) in [4.78, 5) is 18.0. The summed E-state index contributed by atoms with van der Waals surface area (Å²) in [7, 11) is 1.88. The normalized spacial score (nSPS) is 22.3. The molecule has 2 aromatic rings. The van der Waals surface area contributed by atoms with Crippen molar-refractivity contribution in [1.29, 1.82) is 0 Å². The molecule has 6 nitrogen and oxygen atoms in total. The van der Waals surface area contributed by atoms with Gasteiger partial charge in [-0.1, -0.05) is 6.07 Å². The summed E-state index contributed by atoms with van der Waals surface area (Å²) < 4.78 is 7.16. The van der Waals surface area contributed by atoms with Gasteiger partial charge < -0.3 is 14.7 Å². The van der Waals surface area contributed by atoms with Crippen molar-refractivity contribution in [3.8, 4) is 0 Å². The predicted molar refractivity (Wildman–Crippen MR) is 74.4 cm³/mol. The third-order valence-electron chi connectivity index (χ3n) is 3.88. The highest BCUT2D eigenvalue weighted by atomic mass is 16.5. The molecule has 1 fully saturated rings. The van der Waals surface area contributed by atoms with E-state index in [0.717, 1.165) is 6.42 Å². The third kappa shape index (κ3) is 1.92. The summed E-state index contributed by atoms with van der Waals surface area (Å²) in [5.41, 5.74) is 0.834. The van der Waals surface area contributed by atoms with E-state index >= 15 is 0 Å². The number of imidazole rings is 1. The molecule has 1 aliphatic rings. The number of aromatic carboxylic acids is 1. The molecule has 0 aromatic carbocycles. The Morgan fingerprint density at radius 3 is 3.00 bits per heavy atom. The number of anilines is 1. The Hall–Kier alpha value is -2.08. The van der Waals surface area contributed by atoms with Crippen molar-refractivity contribution in [2.75, 3.05) is 18.6 Å². The highest BCUT2D eigenvalue weighted by Crippen LogP contribution is 2.27. The van der Waals surface area contributed by atoms with Gasteiger partial charge in [-0.2, -0.15) is 0 Å². The number of carboxylic acids is 1. The van der Waals surface area contributed by atoms with E-state index in [2.05, 4.69) is 4.98 Å². The molecule has 1 aliphatic heterocycles. The van der Waals surface area contributed by atoms with Crippen LogP contribution in [0.4, 0.5) is 5.82 Å². The van der Waals surface area contributed by atoms with Crippen LogP contribution in [0, 0.1) is 0 Å². The number of carbonyl (C=O) groups is 1. The topological polar surface area (TPSA) is 67.1 Å². The Morgan fingerprint density at radius 2 is 2.35 bits per heavy atom. The largest absolute Gasteiger partial charge is 0.476 e. The Bertz CT molecular complexity index is 652. The van der Waals surface area contributed by atoms with Gasteiger partial charge in [0, 0.05) is 19.9 Å². The van der Waals surface area contributed by atoms with Crippen LogP contribution in [-0.2, 0) is 4.74 Å². The van der Waals surface area contributed by atoms with Crippen LogP contribution in [0.3, 0.4) is 0 Å². The highest BCUT2D eigenvalue weighted by Gasteiger charge is 2.32. The Balaban J connectivity index is 2.10. The number of nitrogens with zero attached hydrogens (tertiary/aromatic N) is 3. The van der Waals surface area contributed by atoms with Crippen LogP contribution in [0.1, 0.15) is 23.8 Å². The van der Waals surface area contributed by atoms with E-state index in [1.807, 2.05) is 24.9 Å². The Labute approximate surface area is 116 Å². The second-order valence-electron chi connectivity index (χ2n) is 5.06. The lowest BCUT2D eigenvalue weighted by atomic mass is 10.1. The first-order valence-electron chi connectivity index (χ1n) is 6.64. The van der Waals surface area contributed by atoms with Crippen LogP contribution in [0.25, 0.3) is 5.65 Å². The van der Waals surface area contributed by atoms with E-state index in [1.54, 1.807) is 22.7 Å². The minimum atomic E-state index is -0.975. The fourth-order valence-corrected chi connectivity index (χ4v) is 2.81. The van der Waals surface area contributed by atoms with E-state index < -0.39 is 5.97 Å². The van der Waals surface area contributed by atoms with Crippen LogP contribution in [0.5, 0.6) is 0 Å². The van der Waals surface area contributed by atoms with Crippen molar-refractivity contribution < 1.29 is 14.6 Å². The van der Waals surface area contributed by atoms with Crippen molar-refractivity contribution in [2.24, 2.45) is 0 Å². The molecule has 20 heavy (non-hydrogen) atoms. The molecular formula is C14H17N3O3. The number of hydrogen-bond donors (Lipinski definition) is 1. The summed E-state index contributed by atoms with van der Waals surface area (Å²) >= 11 is 0. The van der Waals surface area contributed by atoms with Gasteiger partial charge in [0.2, 0.25) is 0 Å². The molecule has 6 heteroatoms. The van der Waals surface area contributed by atoms with Crippen LogP contribution < -0.4 is 4.90 Å². The molecular weight excluding hydrogens is 258 g/mol. The van der Waals surface area contributed by atoms with Gasteiger partial charge >= 0.3 is 5.97 Å². The summed E-state index contributed by atoms with van der Waals surface area (Å²) in [6.07, 6.45) is 2.67. The Kier molecular flexibility index (Phi) is 3.10. The zero-order valence-corrected chi connectivity index (χ0v) is 11.5. The molecule has 106 valence electrons. The summed E-state index contributed by atoms with van der Waals surface area (Å²) in [6, 6.07) is 5.60. The van der Waals surface area contributed by atoms with Crippen molar-refractivity contribution >= 4 is 17.4 Å². The maximum absolute atomic E-state index is 11.6. The van der Waals surface area contributed by atoms with Gasteiger partial charge in [-0.25, -0.2) is 9.78 Å². The monoisotopic (exact) mass is 275 g/mol. The van der Waals surface area contributed by atoms with Crippen molar-refractivity contribution in [2.45, 2.75) is 25.5 Å². The average Bonchev–Trinajstić information content (AvgIpc) is 3.01. The van der Waals surface area contributed by atoms with E-state index in [4.69, 9.17) is 4.74 Å². The molecule has 0 saturated carbocycles. The number of rotatable bonds is 3. The van der Waals surface area contributed by atoms with Crippen molar-refractivity contribution in [3.05, 3.63) is 30.1 Å². The zero-order chi connectivity index (χ0) is 14.3. The predicted octanol–water partition coefficient (Wildman–Crippen LogP) is 1.65. The minimum Gasteiger partial charge on any atom is -0.476 e. The zero-order valence-electron chi connectivity index (χ0n) is 11.5. The SMILES string of the molecule is CC1OCCC1N(C)c1nc2ccccn2c1C(=O)O. The minimum absolute atomic E-state index is 0.0754. The molecule has 1 saturated heterocycles. The van der Waals surface area contributed by atoms with Gasteiger partial charge in [-0.05, 0) is 25.5 Å². The van der Waals surface area contributed by atoms with Crippen LogP contribution in [0.2, 0.25) is 0 Å². The molecule has 2 atom stereocenters. The van der Waals surface area contributed by atoms with Gasteiger partial charge in [-0.3, -0.25) is 4.40 Å². The fraction of sp³-hybridized carbons (Fsp3) is 0.429. The first kappa shape index (κ1) is 12.9. The lowest BCUT2D eigenvalue weighted by Gasteiger charge is -2.27. The molecule has 3 heterocycles. The Morgan fingerprint density at radius 1 is 1.55 bits per heavy atom.